The molecule has 1 aliphatic heterocycles. The first kappa shape index (κ1) is 14.3. The first-order chi connectivity index (χ1) is 9.52. The molecule has 0 aromatic heterocycles. The highest BCUT2D eigenvalue weighted by Crippen LogP contribution is 2.32. The van der Waals surface area contributed by atoms with E-state index in [0.29, 0.717) is 10.9 Å². The maximum absolute atomic E-state index is 10.8. The number of nitrogens with zero attached hydrogens (tertiary/aromatic N) is 3. The summed E-state index contributed by atoms with van der Waals surface area (Å²) in [4.78, 5) is 14.4. The lowest BCUT2D eigenvalue weighted by atomic mass is 10.2. The van der Waals surface area contributed by atoms with Crippen LogP contribution in [0.2, 0.25) is 0 Å². The Morgan fingerprint density at radius 1 is 1.40 bits per heavy atom. The van der Waals surface area contributed by atoms with Crippen molar-refractivity contribution >= 4 is 28.7 Å². The molecule has 0 amide bonds. The zero-order valence-corrected chi connectivity index (χ0v) is 11.9. The highest BCUT2D eigenvalue weighted by atomic mass is 32.1. The minimum atomic E-state index is -0.433. The van der Waals surface area contributed by atoms with Crippen LogP contribution in [0.25, 0.3) is 0 Å². The van der Waals surface area contributed by atoms with E-state index >= 15 is 0 Å². The molecule has 0 saturated carbocycles. The van der Waals surface area contributed by atoms with Crippen LogP contribution >= 0.6 is 12.2 Å². The number of piperazine rings is 1. The number of anilines is 1. The molecule has 7 nitrogen and oxygen atoms in total. The summed E-state index contributed by atoms with van der Waals surface area (Å²) in [7, 11) is 1.51. The standard InChI is InChI=1S/C12H16N4O3S/c1-19-11-8-9(16(17)18)2-3-10(11)14-4-6-15(7-5-14)12(13)20/h2-3,8H,4-7H2,1H3,(H2,13,20). The van der Waals surface area contributed by atoms with Gasteiger partial charge in [-0.2, -0.15) is 0 Å². The topological polar surface area (TPSA) is 84.9 Å². The Hall–Kier alpha value is -2.09. The highest BCUT2D eigenvalue weighted by molar-refractivity contribution is 7.80. The molecular weight excluding hydrogens is 280 g/mol. The van der Waals surface area contributed by atoms with E-state index in [0.717, 1.165) is 31.9 Å². The number of thiocarbonyl (C=S) groups is 1. The first-order valence-corrected chi connectivity index (χ1v) is 6.55. The van der Waals surface area contributed by atoms with Gasteiger partial charge in [0.1, 0.15) is 5.75 Å². The van der Waals surface area contributed by atoms with E-state index in [1.165, 1.54) is 19.2 Å². The van der Waals surface area contributed by atoms with E-state index in [1.54, 1.807) is 6.07 Å². The van der Waals surface area contributed by atoms with Gasteiger partial charge in [0.15, 0.2) is 5.11 Å². The maximum Gasteiger partial charge on any atom is 0.273 e. The number of benzene rings is 1. The highest BCUT2D eigenvalue weighted by Gasteiger charge is 2.21. The number of methoxy groups -OCH3 is 1. The largest absolute Gasteiger partial charge is 0.494 e. The Morgan fingerprint density at radius 3 is 2.55 bits per heavy atom. The molecule has 1 aromatic rings. The van der Waals surface area contributed by atoms with E-state index in [2.05, 4.69) is 4.90 Å². The lowest BCUT2D eigenvalue weighted by Gasteiger charge is -2.36. The van der Waals surface area contributed by atoms with E-state index in [9.17, 15) is 10.1 Å². The van der Waals surface area contributed by atoms with Crippen LogP contribution in [0.4, 0.5) is 11.4 Å². The van der Waals surface area contributed by atoms with Crippen molar-refractivity contribution < 1.29 is 9.66 Å². The predicted molar refractivity (Wildman–Crippen MR) is 80.2 cm³/mol. The van der Waals surface area contributed by atoms with Crippen molar-refractivity contribution in [3.63, 3.8) is 0 Å². The van der Waals surface area contributed by atoms with Gasteiger partial charge in [-0.1, -0.05) is 0 Å². The molecule has 0 radical (unpaired) electrons. The average molecular weight is 296 g/mol. The molecule has 2 rings (SSSR count). The molecule has 8 heteroatoms. The smallest absolute Gasteiger partial charge is 0.273 e. The Labute approximate surface area is 122 Å². The van der Waals surface area contributed by atoms with Crippen molar-refractivity contribution in [2.45, 2.75) is 0 Å². The summed E-state index contributed by atoms with van der Waals surface area (Å²) in [6, 6.07) is 4.64. The second-order valence-corrected chi connectivity index (χ2v) is 4.84. The second-order valence-electron chi connectivity index (χ2n) is 4.43. The number of hydrogen-bond acceptors (Lipinski definition) is 5. The maximum atomic E-state index is 10.8. The molecule has 1 fully saturated rings. The minimum absolute atomic E-state index is 0.0207. The lowest BCUT2D eigenvalue weighted by Crippen LogP contribution is -2.50. The number of nitro groups is 1. The molecule has 1 aromatic carbocycles. The van der Waals surface area contributed by atoms with Gasteiger partial charge in [0.2, 0.25) is 0 Å². The SMILES string of the molecule is COc1cc([N+](=O)[O-])ccc1N1CCN(C(N)=S)CC1. The molecule has 20 heavy (non-hydrogen) atoms. The average Bonchev–Trinajstić information content (AvgIpc) is 2.46. The van der Waals surface area contributed by atoms with E-state index in [-0.39, 0.29) is 5.69 Å². The van der Waals surface area contributed by atoms with Crippen molar-refractivity contribution in [1.29, 1.82) is 0 Å². The van der Waals surface area contributed by atoms with E-state index in [4.69, 9.17) is 22.7 Å². The van der Waals surface area contributed by atoms with Crippen LogP contribution in [0.1, 0.15) is 0 Å². The van der Waals surface area contributed by atoms with Gasteiger partial charge in [-0.3, -0.25) is 10.1 Å². The molecule has 0 unspecified atom stereocenters. The van der Waals surface area contributed by atoms with Gasteiger partial charge in [0.05, 0.1) is 23.8 Å². The number of hydrogen-bond donors (Lipinski definition) is 1. The fourth-order valence-electron chi connectivity index (χ4n) is 2.21. The fraction of sp³-hybridized carbons (Fsp3) is 0.417. The normalized spacial score (nSPS) is 15.1. The molecule has 1 heterocycles. The predicted octanol–water partition coefficient (Wildman–Crippen LogP) is 0.969. The van der Waals surface area contributed by atoms with E-state index in [1.807, 2.05) is 4.90 Å². The quantitative estimate of drug-likeness (QED) is 0.505. The molecule has 0 atom stereocenters. The van der Waals surface area contributed by atoms with Crippen molar-refractivity contribution in [3.8, 4) is 5.75 Å². The van der Waals surface area contributed by atoms with Gasteiger partial charge in [0.25, 0.3) is 5.69 Å². The van der Waals surface area contributed by atoms with Crippen molar-refractivity contribution in [3.05, 3.63) is 28.3 Å². The fourth-order valence-corrected chi connectivity index (χ4v) is 2.39. The van der Waals surface area contributed by atoms with Gasteiger partial charge in [0, 0.05) is 32.2 Å². The summed E-state index contributed by atoms with van der Waals surface area (Å²) in [5.74, 6) is 0.503. The summed E-state index contributed by atoms with van der Waals surface area (Å²) in [5.41, 5.74) is 6.47. The number of non-ortho nitro benzene ring substituents is 1. The van der Waals surface area contributed by atoms with Gasteiger partial charge in [-0.15, -0.1) is 0 Å². The van der Waals surface area contributed by atoms with Gasteiger partial charge >= 0.3 is 0 Å². The summed E-state index contributed by atoms with van der Waals surface area (Å²) < 4.78 is 5.25. The zero-order valence-electron chi connectivity index (χ0n) is 11.1. The summed E-state index contributed by atoms with van der Waals surface area (Å²) in [5, 5.41) is 11.2. The van der Waals surface area contributed by atoms with Gasteiger partial charge in [-0.05, 0) is 18.3 Å². The molecule has 0 bridgehead atoms. The molecule has 2 N–H and O–H groups in total. The summed E-state index contributed by atoms with van der Waals surface area (Å²) in [6.45, 7) is 2.95. The monoisotopic (exact) mass is 296 g/mol. The van der Waals surface area contributed by atoms with E-state index < -0.39 is 4.92 Å². The Morgan fingerprint density at radius 2 is 2.05 bits per heavy atom. The zero-order chi connectivity index (χ0) is 14.7. The molecular formula is C12H16N4O3S. The lowest BCUT2D eigenvalue weighted by molar-refractivity contribution is -0.384. The second kappa shape index (κ2) is 5.91. The van der Waals surface area contributed by atoms with Crippen LogP contribution in [0.5, 0.6) is 5.75 Å². The molecule has 0 aliphatic carbocycles. The van der Waals surface area contributed by atoms with Crippen molar-refractivity contribution in [1.82, 2.24) is 4.90 Å². The number of ether oxygens (including phenoxy) is 1. The van der Waals surface area contributed by atoms with Crippen molar-refractivity contribution in [2.75, 3.05) is 38.2 Å². The number of nitrogens with two attached hydrogens (primary N) is 1. The number of rotatable bonds is 3. The third-order valence-electron chi connectivity index (χ3n) is 3.31. The Bertz CT molecular complexity index is 529. The summed E-state index contributed by atoms with van der Waals surface area (Å²) >= 11 is 4.95. The van der Waals surface area contributed by atoms with Crippen LogP contribution in [0, 0.1) is 10.1 Å². The Kier molecular flexibility index (Phi) is 4.23. The molecule has 0 spiro atoms. The molecule has 1 aliphatic rings. The Balaban J connectivity index is 2.17. The number of nitro benzene ring substituents is 1. The summed E-state index contributed by atoms with van der Waals surface area (Å²) in [6.07, 6.45) is 0. The van der Waals surface area contributed by atoms with Crippen LogP contribution in [-0.4, -0.2) is 48.2 Å². The van der Waals surface area contributed by atoms with Crippen molar-refractivity contribution in [2.24, 2.45) is 5.73 Å². The van der Waals surface area contributed by atoms with Crippen LogP contribution in [0.3, 0.4) is 0 Å². The molecule has 1 saturated heterocycles. The van der Waals surface area contributed by atoms with Gasteiger partial charge < -0.3 is 20.3 Å². The van der Waals surface area contributed by atoms with Crippen LogP contribution < -0.4 is 15.4 Å². The third-order valence-corrected chi connectivity index (χ3v) is 3.56. The van der Waals surface area contributed by atoms with Crippen LogP contribution in [0.15, 0.2) is 18.2 Å². The minimum Gasteiger partial charge on any atom is -0.494 e. The van der Waals surface area contributed by atoms with Crippen LogP contribution in [-0.2, 0) is 0 Å². The molecule has 108 valence electrons. The first-order valence-electron chi connectivity index (χ1n) is 6.14. The van der Waals surface area contributed by atoms with Gasteiger partial charge in [-0.25, -0.2) is 0 Å². The third kappa shape index (κ3) is 2.90.